The fourth-order valence-corrected chi connectivity index (χ4v) is 2.71. The molecular weight excluding hydrogens is 300 g/mol. The van der Waals surface area contributed by atoms with E-state index in [1.54, 1.807) is 0 Å². The van der Waals surface area contributed by atoms with Crippen molar-refractivity contribution < 1.29 is 0 Å². The van der Waals surface area contributed by atoms with Crippen molar-refractivity contribution in [2.75, 3.05) is 13.1 Å². The molecule has 1 aliphatic rings. The Kier molecular flexibility index (Phi) is 5.93. The van der Waals surface area contributed by atoms with E-state index in [0.717, 1.165) is 13.1 Å². The summed E-state index contributed by atoms with van der Waals surface area (Å²) in [7, 11) is 0. The van der Waals surface area contributed by atoms with E-state index in [9.17, 15) is 0 Å². The summed E-state index contributed by atoms with van der Waals surface area (Å²) in [6.45, 7) is 5.46. The smallest absolute Gasteiger partial charge is 0.0245 e. The number of hydrogen-bond donors (Lipinski definition) is 1. The summed E-state index contributed by atoms with van der Waals surface area (Å²) in [5.41, 5.74) is 7.32. The van der Waals surface area contributed by atoms with Gasteiger partial charge in [-0.05, 0) is 37.4 Å². The predicted octanol–water partition coefficient (Wildman–Crippen LogP) is 3.04. The van der Waals surface area contributed by atoms with Crippen molar-refractivity contribution in [3.05, 3.63) is 34.3 Å². The molecule has 0 radical (unpaired) electrons. The van der Waals surface area contributed by atoms with Gasteiger partial charge in [-0.2, -0.15) is 0 Å². The molecule has 1 fully saturated rings. The Labute approximate surface area is 118 Å². The molecule has 1 aromatic rings. The maximum absolute atomic E-state index is 5.95. The van der Waals surface area contributed by atoms with Crippen molar-refractivity contribution in [3.8, 4) is 0 Å². The van der Waals surface area contributed by atoms with Crippen LogP contribution in [-0.2, 0) is 6.54 Å². The lowest BCUT2D eigenvalue weighted by Crippen LogP contribution is -2.29. The van der Waals surface area contributed by atoms with E-state index in [1.165, 1.54) is 23.0 Å². The van der Waals surface area contributed by atoms with Gasteiger partial charge in [0.25, 0.3) is 0 Å². The summed E-state index contributed by atoms with van der Waals surface area (Å²) >= 11 is 3.60. The lowest BCUT2D eigenvalue weighted by molar-refractivity contribution is 0.308. The average Bonchev–Trinajstić information content (AvgIpc) is 2.70. The molecule has 2 nitrogen and oxygen atoms in total. The molecule has 0 spiro atoms. The number of nitrogens with two attached hydrogens (primary N) is 1. The number of halogens is 2. The van der Waals surface area contributed by atoms with Crippen LogP contribution in [0.1, 0.15) is 18.9 Å². The SMILES string of the molecule is CC(N)C1CCN(Cc2ccccc2Br)C1.Cl. The quantitative estimate of drug-likeness (QED) is 0.928. The summed E-state index contributed by atoms with van der Waals surface area (Å²) in [6.07, 6.45) is 1.24. The molecule has 1 heterocycles. The Morgan fingerprint density at radius 3 is 2.76 bits per heavy atom. The van der Waals surface area contributed by atoms with E-state index in [0.29, 0.717) is 12.0 Å². The molecule has 1 saturated heterocycles. The van der Waals surface area contributed by atoms with Gasteiger partial charge in [0, 0.05) is 23.6 Å². The van der Waals surface area contributed by atoms with Crippen LogP contribution in [0.5, 0.6) is 0 Å². The van der Waals surface area contributed by atoms with E-state index in [-0.39, 0.29) is 12.4 Å². The lowest BCUT2D eigenvalue weighted by Gasteiger charge is -2.18. The fourth-order valence-electron chi connectivity index (χ4n) is 2.30. The zero-order valence-corrected chi connectivity index (χ0v) is 12.5. The summed E-state index contributed by atoms with van der Waals surface area (Å²) in [4.78, 5) is 2.49. The zero-order valence-electron chi connectivity index (χ0n) is 10.1. The molecule has 1 aromatic carbocycles. The maximum atomic E-state index is 5.95. The minimum Gasteiger partial charge on any atom is -0.328 e. The highest BCUT2D eigenvalue weighted by Crippen LogP contribution is 2.23. The largest absolute Gasteiger partial charge is 0.328 e. The van der Waals surface area contributed by atoms with E-state index in [4.69, 9.17) is 5.73 Å². The standard InChI is InChI=1S/C13H19BrN2.ClH/c1-10(15)11-6-7-16(8-11)9-12-4-2-3-5-13(12)14;/h2-5,10-11H,6-9,15H2,1H3;1H. The lowest BCUT2D eigenvalue weighted by atomic mass is 10.0. The van der Waals surface area contributed by atoms with Crippen LogP contribution in [0.2, 0.25) is 0 Å². The first kappa shape index (κ1) is 15.0. The molecule has 96 valence electrons. The minimum absolute atomic E-state index is 0. The van der Waals surface area contributed by atoms with Crippen molar-refractivity contribution >= 4 is 28.3 Å². The Morgan fingerprint density at radius 2 is 2.18 bits per heavy atom. The molecule has 0 aliphatic carbocycles. The molecule has 2 N–H and O–H groups in total. The van der Waals surface area contributed by atoms with Crippen molar-refractivity contribution in [1.82, 2.24) is 4.90 Å². The van der Waals surface area contributed by atoms with Gasteiger partial charge in [0.1, 0.15) is 0 Å². The first-order valence-electron chi connectivity index (χ1n) is 5.88. The van der Waals surface area contributed by atoms with Crippen molar-refractivity contribution in [2.45, 2.75) is 25.9 Å². The molecule has 0 amide bonds. The van der Waals surface area contributed by atoms with Crippen LogP contribution in [0.4, 0.5) is 0 Å². The van der Waals surface area contributed by atoms with Crippen LogP contribution in [-0.4, -0.2) is 24.0 Å². The van der Waals surface area contributed by atoms with Crippen molar-refractivity contribution in [3.63, 3.8) is 0 Å². The molecule has 2 rings (SSSR count). The molecule has 1 aliphatic heterocycles. The summed E-state index contributed by atoms with van der Waals surface area (Å²) in [6, 6.07) is 8.77. The average molecular weight is 320 g/mol. The third-order valence-corrected chi connectivity index (χ3v) is 4.18. The van der Waals surface area contributed by atoms with Gasteiger partial charge in [0.15, 0.2) is 0 Å². The number of likely N-dealkylation sites (tertiary alicyclic amines) is 1. The highest BCUT2D eigenvalue weighted by Gasteiger charge is 2.25. The van der Waals surface area contributed by atoms with Crippen LogP contribution < -0.4 is 5.73 Å². The Morgan fingerprint density at radius 1 is 1.47 bits per heavy atom. The molecular formula is C13H20BrClN2. The zero-order chi connectivity index (χ0) is 11.5. The van der Waals surface area contributed by atoms with Crippen LogP contribution in [0.25, 0.3) is 0 Å². The van der Waals surface area contributed by atoms with Gasteiger partial charge in [0.2, 0.25) is 0 Å². The van der Waals surface area contributed by atoms with Gasteiger partial charge < -0.3 is 5.73 Å². The molecule has 4 heteroatoms. The van der Waals surface area contributed by atoms with Crippen LogP contribution in [0, 0.1) is 5.92 Å². The van der Waals surface area contributed by atoms with Gasteiger partial charge in [-0.15, -0.1) is 12.4 Å². The van der Waals surface area contributed by atoms with Gasteiger partial charge >= 0.3 is 0 Å². The summed E-state index contributed by atoms with van der Waals surface area (Å²) in [5, 5.41) is 0. The molecule has 2 atom stereocenters. The van der Waals surface area contributed by atoms with E-state index in [2.05, 4.69) is 52.0 Å². The van der Waals surface area contributed by atoms with E-state index >= 15 is 0 Å². The molecule has 17 heavy (non-hydrogen) atoms. The maximum Gasteiger partial charge on any atom is 0.0245 e. The summed E-state index contributed by atoms with van der Waals surface area (Å²) < 4.78 is 1.21. The van der Waals surface area contributed by atoms with Gasteiger partial charge in [-0.3, -0.25) is 4.90 Å². The first-order chi connectivity index (χ1) is 7.66. The molecule has 2 unspecified atom stereocenters. The third-order valence-electron chi connectivity index (χ3n) is 3.40. The monoisotopic (exact) mass is 318 g/mol. The second-order valence-electron chi connectivity index (χ2n) is 4.73. The minimum atomic E-state index is 0. The van der Waals surface area contributed by atoms with Crippen molar-refractivity contribution in [2.24, 2.45) is 11.7 Å². The molecule has 0 bridgehead atoms. The van der Waals surface area contributed by atoms with Crippen LogP contribution in [0.15, 0.2) is 28.7 Å². The second-order valence-corrected chi connectivity index (χ2v) is 5.59. The molecule has 0 saturated carbocycles. The summed E-state index contributed by atoms with van der Waals surface area (Å²) in [5.74, 6) is 0.669. The normalized spacial score (nSPS) is 22.2. The Balaban J connectivity index is 0.00000144. The van der Waals surface area contributed by atoms with E-state index < -0.39 is 0 Å². The van der Waals surface area contributed by atoms with Gasteiger partial charge in [0.05, 0.1) is 0 Å². The Bertz CT molecular complexity index is 357. The number of hydrogen-bond acceptors (Lipinski definition) is 2. The third kappa shape index (κ3) is 3.95. The number of benzene rings is 1. The fraction of sp³-hybridized carbons (Fsp3) is 0.538. The Hall–Kier alpha value is -0.0900. The second kappa shape index (κ2) is 6.74. The van der Waals surface area contributed by atoms with Crippen molar-refractivity contribution in [1.29, 1.82) is 0 Å². The topological polar surface area (TPSA) is 29.3 Å². The van der Waals surface area contributed by atoms with Gasteiger partial charge in [-0.25, -0.2) is 0 Å². The van der Waals surface area contributed by atoms with Crippen LogP contribution >= 0.6 is 28.3 Å². The highest BCUT2D eigenvalue weighted by molar-refractivity contribution is 9.10. The molecule has 0 aromatic heterocycles. The number of nitrogens with zero attached hydrogens (tertiary/aromatic N) is 1. The number of rotatable bonds is 3. The first-order valence-corrected chi connectivity index (χ1v) is 6.67. The van der Waals surface area contributed by atoms with Crippen LogP contribution in [0.3, 0.4) is 0 Å². The van der Waals surface area contributed by atoms with Gasteiger partial charge in [-0.1, -0.05) is 34.1 Å². The predicted molar refractivity (Wildman–Crippen MR) is 78.4 cm³/mol. The highest BCUT2D eigenvalue weighted by atomic mass is 79.9. The van der Waals surface area contributed by atoms with E-state index in [1.807, 2.05) is 0 Å².